The average molecular weight is 395 g/mol. The van der Waals surface area contributed by atoms with Gasteiger partial charge in [-0.05, 0) is 35.4 Å². The maximum atomic E-state index is 13.1. The molecule has 1 aromatic carbocycles. The topological polar surface area (TPSA) is 75.4 Å². The Morgan fingerprint density at radius 2 is 1.96 bits per heavy atom. The maximum Gasteiger partial charge on any atom is 0.325 e. The molecule has 144 valence electrons. The molecule has 0 unspecified atom stereocenters. The van der Waals surface area contributed by atoms with E-state index in [9.17, 15) is 9.59 Å². The first-order valence-corrected chi connectivity index (χ1v) is 9.99. The van der Waals surface area contributed by atoms with Crippen LogP contribution in [0.25, 0.3) is 10.8 Å². The average Bonchev–Trinajstić information content (AvgIpc) is 3.40. The van der Waals surface area contributed by atoms with Crippen LogP contribution in [0.3, 0.4) is 0 Å². The van der Waals surface area contributed by atoms with Crippen molar-refractivity contribution >= 4 is 23.3 Å². The number of hydrogen-bond donors (Lipinski definition) is 1. The third-order valence-electron chi connectivity index (χ3n) is 5.03. The fourth-order valence-electron chi connectivity index (χ4n) is 3.29. The fraction of sp³-hybridized carbons (Fsp3) is 0.286. The standard InChI is InChI=1S/C21H21N3O3S/c1-13(2)14-6-8-15(9-7-14)21(3)19(25)24(20(26)23-21)11-16-12-27-18(22-16)17-5-4-10-28-17/h4-10,12-13H,11H2,1-3H3,(H,23,26)/t21-/m0/s1. The highest BCUT2D eigenvalue weighted by Crippen LogP contribution is 2.31. The SMILES string of the molecule is CC(C)c1ccc([C@]2(C)NC(=O)N(Cc3coc(-c4cccs4)n3)C2=O)cc1. The van der Waals surface area contributed by atoms with Gasteiger partial charge in [0.05, 0.1) is 17.1 Å². The highest BCUT2D eigenvalue weighted by molar-refractivity contribution is 7.13. The summed E-state index contributed by atoms with van der Waals surface area (Å²) in [5.74, 6) is 0.594. The van der Waals surface area contributed by atoms with E-state index >= 15 is 0 Å². The van der Waals surface area contributed by atoms with Crippen molar-refractivity contribution in [2.24, 2.45) is 0 Å². The van der Waals surface area contributed by atoms with Gasteiger partial charge in [-0.3, -0.25) is 9.69 Å². The Morgan fingerprint density at radius 1 is 1.21 bits per heavy atom. The summed E-state index contributed by atoms with van der Waals surface area (Å²) in [6.45, 7) is 6.03. The number of rotatable bonds is 5. The van der Waals surface area contributed by atoms with Gasteiger partial charge in [-0.1, -0.05) is 44.2 Å². The van der Waals surface area contributed by atoms with Gasteiger partial charge in [0.25, 0.3) is 5.91 Å². The first-order valence-electron chi connectivity index (χ1n) is 9.11. The van der Waals surface area contributed by atoms with Crippen LogP contribution >= 0.6 is 11.3 Å². The van der Waals surface area contributed by atoms with Gasteiger partial charge in [0.15, 0.2) is 0 Å². The molecule has 0 aliphatic carbocycles. The monoisotopic (exact) mass is 395 g/mol. The summed E-state index contributed by atoms with van der Waals surface area (Å²) in [7, 11) is 0. The van der Waals surface area contributed by atoms with Crippen LogP contribution in [0.4, 0.5) is 4.79 Å². The minimum absolute atomic E-state index is 0.0687. The number of aromatic nitrogens is 1. The number of nitrogens with one attached hydrogen (secondary N) is 1. The number of amides is 3. The van der Waals surface area contributed by atoms with Crippen LogP contribution in [0.5, 0.6) is 0 Å². The Morgan fingerprint density at radius 3 is 2.61 bits per heavy atom. The number of imide groups is 1. The lowest BCUT2D eigenvalue weighted by molar-refractivity contribution is -0.131. The molecule has 3 heterocycles. The minimum atomic E-state index is -1.09. The normalized spacial score (nSPS) is 19.5. The van der Waals surface area contributed by atoms with Crippen molar-refractivity contribution in [3.8, 4) is 10.8 Å². The molecule has 1 N–H and O–H groups in total. The molecule has 0 bridgehead atoms. The third kappa shape index (κ3) is 3.11. The van der Waals surface area contributed by atoms with E-state index in [1.165, 1.54) is 28.1 Å². The quantitative estimate of drug-likeness (QED) is 0.646. The number of oxazole rings is 1. The van der Waals surface area contributed by atoms with Gasteiger partial charge in [0.2, 0.25) is 5.89 Å². The molecular formula is C21H21N3O3S. The first-order chi connectivity index (χ1) is 13.4. The van der Waals surface area contributed by atoms with E-state index < -0.39 is 11.6 Å². The number of carbonyl (C=O) groups is 2. The molecule has 1 saturated heterocycles. The van der Waals surface area contributed by atoms with E-state index in [2.05, 4.69) is 24.1 Å². The van der Waals surface area contributed by atoms with Crippen molar-refractivity contribution in [3.63, 3.8) is 0 Å². The van der Waals surface area contributed by atoms with Gasteiger partial charge in [0.1, 0.15) is 11.8 Å². The van der Waals surface area contributed by atoms with Crippen LogP contribution < -0.4 is 5.32 Å². The molecule has 2 aromatic heterocycles. The van der Waals surface area contributed by atoms with Crippen molar-refractivity contribution in [2.45, 2.75) is 38.8 Å². The molecule has 3 aromatic rings. The van der Waals surface area contributed by atoms with Gasteiger partial charge < -0.3 is 9.73 Å². The zero-order valence-electron chi connectivity index (χ0n) is 15.9. The lowest BCUT2D eigenvalue weighted by atomic mass is 9.90. The zero-order chi connectivity index (χ0) is 19.9. The van der Waals surface area contributed by atoms with Gasteiger partial charge in [-0.15, -0.1) is 11.3 Å². The van der Waals surface area contributed by atoms with E-state index in [4.69, 9.17) is 4.42 Å². The van der Waals surface area contributed by atoms with Crippen LogP contribution in [0, 0.1) is 0 Å². The van der Waals surface area contributed by atoms with Crippen LogP contribution in [-0.2, 0) is 16.9 Å². The molecular weight excluding hydrogens is 374 g/mol. The molecule has 0 spiro atoms. The van der Waals surface area contributed by atoms with Gasteiger partial charge in [-0.25, -0.2) is 9.78 Å². The number of urea groups is 1. The Labute approximate surface area is 167 Å². The third-order valence-corrected chi connectivity index (χ3v) is 5.89. The predicted molar refractivity (Wildman–Crippen MR) is 107 cm³/mol. The number of nitrogens with zero attached hydrogens (tertiary/aromatic N) is 2. The highest BCUT2D eigenvalue weighted by atomic mass is 32.1. The van der Waals surface area contributed by atoms with Crippen LogP contribution in [0.2, 0.25) is 0 Å². The van der Waals surface area contributed by atoms with E-state index in [1.807, 2.05) is 41.8 Å². The molecule has 7 heteroatoms. The van der Waals surface area contributed by atoms with Crippen molar-refractivity contribution in [2.75, 3.05) is 0 Å². The molecule has 28 heavy (non-hydrogen) atoms. The Balaban J connectivity index is 1.55. The van der Waals surface area contributed by atoms with Crippen molar-refractivity contribution in [1.29, 1.82) is 0 Å². The number of thiophene rings is 1. The van der Waals surface area contributed by atoms with Gasteiger partial charge in [0, 0.05) is 0 Å². The number of carbonyl (C=O) groups excluding carboxylic acids is 2. The first kappa shape index (κ1) is 18.4. The summed E-state index contributed by atoms with van der Waals surface area (Å²) in [5.41, 5.74) is 1.39. The number of hydrogen-bond acceptors (Lipinski definition) is 5. The summed E-state index contributed by atoms with van der Waals surface area (Å²) in [6.07, 6.45) is 1.49. The van der Waals surface area contributed by atoms with Crippen LogP contribution in [0.15, 0.2) is 52.5 Å². The fourth-order valence-corrected chi connectivity index (χ4v) is 3.95. The molecule has 6 nitrogen and oxygen atoms in total. The summed E-state index contributed by atoms with van der Waals surface area (Å²) < 4.78 is 5.49. The van der Waals surface area contributed by atoms with E-state index in [0.29, 0.717) is 17.5 Å². The summed E-state index contributed by atoms with van der Waals surface area (Å²) in [6, 6.07) is 11.2. The molecule has 1 fully saturated rings. The maximum absolute atomic E-state index is 13.1. The van der Waals surface area contributed by atoms with Crippen molar-refractivity contribution in [3.05, 3.63) is 64.9 Å². The summed E-state index contributed by atoms with van der Waals surface area (Å²) >= 11 is 1.52. The van der Waals surface area contributed by atoms with Gasteiger partial charge >= 0.3 is 6.03 Å². The molecule has 4 rings (SSSR count). The Kier molecular flexibility index (Phi) is 4.55. The smallest absolute Gasteiger partial charge is 0.325 e. The second-order valence-corrected chi connectivity index (χ2v) is 8.29. The molecule has 1 aliphatic rings. The second kappa shape index (κ2) is 6.91. The Bertz CT molecular complexity index is 1010. The van der Waals surface area contributed by atoms with Crippen LogP contribution in [0.1, 0.15) is 43.5 Å². The van der Waals surface area contributed by atoms with Crippen LogP contribution in [-0.4, -0.2) is 21.8 Å². The lowest BCUT2D eigenvalue weighted by Crippen LogP contribution is -2.40. The molecule has 0 radical (unpaired) electrons. The minimum Gasteiger partial charge on any atom is -0.443 e. The largest absolute Gasteiger partial charge is 0.443 e. The molecule has 0 saturated carbocycles. The molecule has 3 amide bonds. The zero-order valence-corrected chi connectivity index (χ0v) is 16.7. The summed E-state index contributed by atoms with van der Waals surface area (Å²) in [5, 5.41) is 4.77. The highest BCUT2D eigenvalue weighted by Gasteiger charge is 2.49. The lowest BCUT2D eigenvalue weighted by Gasteiger charge is -2.22. The van der Waals surface area contributed by atoms with E-state index in [-0.39, 0.29) is 12.5 Å². The Hall–Kier alpha value is -2.93. The number of benzene rings is 1. The second-order valence-electron chi connectivity index (χ2n) is 7.34. The molecule has 1 aliphatic heterocycles. The predicted octanol–water partition coefficient (Wildman–Crippen LogP) is 4.49. The van der Waals surface area contributed by atoms with Crippen molar-refractivity contribution < 1.29 is 14.0 Å². The van der Waals surface area contributed by atoms with Crippen molar-refractivity contribution in [1.82, 2.24) is 15.2 Å². The molecule has 1 atom stereocenters. The van der Waals surface area contributed by atoms with Gasteiger partial charge in [-0.2, -0.15) is 0 Å². The van der Waals surface area contributed by atoms with E-state index in [0.717, 1.165) is 10.4 Å². The van der Waals surface area contributed by atoms with E-state index in [1.54, 1.807) is 6.92 Å². The summed E-state index contributed by atoms with van der Waals surface area (Å²) in [4.78, 5) is 32.1.